The van der Waals surface area contributed by atoms with E-state index in [1.807, 2.05) is 12.2 Å². The van der Waals surface area contributed by atoms with Gasteiger partial charge in [-0.05, 0) is 42.7 Å². The van der Waals surface area contributed by atoms with Crippen LogP contribution in [0.15, 0.2) is 42.5 Å². The lowest BCUT2D eigenvalue weighted by Crippen LogP contribution is -2.27. The van der Waals surface area contributed by atoms with E-state index in [0.717, 1.165) is 12.0 Å². The summed E-state index contributed by atoms with van der Waals surface area (Å²) in [6.45, 7) is 7.47. The molecule has 0 radical (unpaired) electrons. The highest BCUT2D eigenvalue weighted by atomic mass is 32.2. The van der Waals surface area contributed by atoms with Crippen LogP contribution in [0.4, 0.5) is 11.4 Å². The fourth-order valence-corrected chi connectivity index (χ4v) is 3.83. The molecule has 0 aliphatic heterocycles. The molecule has 0 aliphatic rings. The van der Waals surface area contributed by atoms with Gasteiger partial charge in [-0.15, -0.1) is 0 Å². The number of hydrogen-bond donors (Lipinski definition) is 6. The second kappa shape index (κ2) is 12.7. The van der Waals surface area contributed by atoms with E-state index in [4.69, 9.17) is 5.21 Å². The van der Waals surface area contributed by atoms with Crippen molar-refractivity contribution < 1.29 is 22.4 Å². The summed E-state index contributed by atoms with van der Waals surface area (Å²) in [5.41, 5.74) is 1.35. The summed E-state index contributed by atoms with van der Waals surface area (Å²) in [5.74, 6) is 7.10. The van der Waals surface area contributed by atoms with E-state index in [2.05, 4.69) is 47.4 Å². The molecular weight excluding hydrogens is 464 g/mol. The topological polar surface area (TPSA) is 140 Å². The lowest BCUT2D eigenvalue weighted by molar-refractivity contribution is 0.243. The van der Waals surface area contributed by atoms with Crippen LogP contribution in [0.5, 0.6) is 0 Å². The number of rotatable bonds is 11. The number of benzene rings is 2. The van der Waals surface area contributed by atoms with Crippen molar-refractivity contribution in [1.29, 1.82) is 0 Å². The Morgan fingerprint density at radius 2 is 1.91 bits per heavy atom. The van der Waals surface area contributed by atoms with Crippen molar-refractivity contribution in [3.05, 3.63) is 48.0 Å². The standard InChI is InChI=1S/C22H30N4O5S2/c1-16(2)17(3)9-6-4-5-7-14-23-15-18-12-13-20(24-32(28)29)19-10-8-11-21(22(18)19)25-33(30,31)26-27/h4-5,8,10-13,16-17,23-27H,7,14-15H2,1-3H3,(H,28,29)/b5-4+/t17-/m0/s1. The number of fused-ring (bicyclic) bond motifs is 1. The lowest BCUT2D eigenvalue weighted by Gasteiger charge is -2.16. The summed E-state index contributed by atoms with van der Waals surface area (Å²) in [5, 5.41) is 13.3. The molecule has 0 spiro atoms. The van der Waals surface area contributed by atoms with Crippen LogP contribution in [-0.4, -0.2) is 28.9 Å². The van der Waals surface area contributed by atoms with Gasteiger partial charge in [-0.3, -0.25) is 14.0 Å². The first-order chi connectivity index (χ1) is 15.6. The van der Waals surface area contributed by atoms with Crippen molar-refractivity contribution in [3.63, 3.8) is 0 Å². The molecule has 0 aromatic heterocycles. The molecule has 2 atom stereocenters. The van der Waals surface area contributed by atoms with Gasteiger partial charge in [0.15, 0.2) is 0 Å². The van der Waals surface area contributed by atoms with E-state index in [0.29, 0.717) is 41.4 Å². The van der Waals surface area contributed by atoms with Crippen molar-refractivity contribution in [1.82, 2.24) is 10.2 Å². The average Bonchev–Trinajstić information content (AvgIpc) is 2.76. The third-order valence-corrected chi connectivity index (χ3v) is 6.13. The van der Waals surface area contributed by atoms with Gasteiger partial charge < -0.3 is 10.5 Å². The van der Waals surface area contributed by atoms with Crippen molar-refractivity contribution >= 4 is 43.6 Å². The van der Waals surface area contributed by atoms with E-state index in [-0.39, 0.29) is 5.69 Å². The Labute approximate surface area is 197 Å². The van der Waals surface area contributed by atoms with Gasteiger partial charge in [-0.2, -0.15) is 8.42 Å². The Morgan fingerprint density at radius 3 is 2.58 bits per heavy atom. The van der Waals surface area contributed by atoms with Gasteiger partial charge in [0.2, 0.25) is 0 Å². The largest absolute Gasteiger partial charge is 0.321 e. The lowest BCUT2D eigenvalue weighted by atomic mass is 9.99. The normalized spacial score (nSPS) is 13.6. The summed E-state index contributed by atoms with van der Waals surface area (Å²) in [7, 11) is -4.18. The zero-order valence-corrected chi connectivity index (χ0v) is 20.4. The summed E-state index contributed by atoms with van der Waals surface area (Å²) in [6, 6.07) is 8.24. The molecule has 0 amide bonds. The molecule has 9 nitrogen and oxygen atoms in total. The molecule has 0 heterocycles. The molecule has 0 bridgehead atoms. The predicted molar refractivity (Wildman–Crippen MR) is 133 cm³/mol. The van der Waals surface area contributed by atoms with E-state index >= 15 is 0 Å². The van der Waals surface area contributed by atoms with Gasteiger partial charge >= 0.3 is 10.2 Å². The Hall–Kier alpha value is -2.46. The third-order valence-electron chi connectivity index (χ3n) is 5.00. The third kappa shape index (κ3) is 8.43. The molecular formula is C22H30N4O5S2. The maximum absolute atomic E-state index is 11.8. The average molecular weight is 495 g/mol. The van der Waals surface area contributed by atoms with E-state index < -0.39 is 21.5 Å². The second-order valence-corrected chi connectivity index (χ2v) is 9.83. The first kappa shape index (κ1) is 26.8. The van der Waals surface area contributed by atoms with Gasteiger partial charge in [-0.25, -0.2) is 4.21 Å². The maximum atomic E-state index is 11.8. The van der Waals surface area contributed by atoms with Crippen LogP contribution in [0.25, 0.3) is 10.8 Å². The molecule has 6 N–H and O–H groups in total. The van der Waals surface area contributed by atoms with Crippen LogP contribution in [-0.2, 0) is 28.0 Å². The highest BCUT2D eigenvalue weighted by Gasteiger charge is 2.15. The van der Waals surface area contributed by atoms with E-state index in [9.17, 15) is 17.2 Å². The SMILES string of the molecule is CC(C)[C@@H](C)C#C/C=C/CCNCc1ccc(NS(=O)O)c2cccc(NS(=O)(=O)NO)c12. The van der Waals surface area contributed by atoms with Gasteiger partial charge in [-0.1, -0.05) is 61.8 Å². The van der Waals surface area contributed by atoms with Crippen LogP contribution in [0.3, 0.4) is 0 Å². The zero-order chi connectivity index (χ0) is 24.4. The first-order valence-corrected chi connectivity index (χ1v) is 13.0. The molecule has 0 fully saturated rings. The minimum absolute atomic E-state index is 0.215. The zero-order valence-electron chi connectivity index (χ0n) is 18.8. The quantitative estimate of drug-likeness (QED) is 0.123. The van der Waals surface area contributed by atoms with Gasteiger partial charge in [0.05, 0.1) is 11.4 Å². The van der Waals surface area contributed by atoms with Crippen molar-refractivity contribution in [2.75, 3.05) is 16.0 Å². The maximum Gasteiger partial charge on any atom is 0.321 e. The molecule has 0 aliphatic carbocycles. The van der Waals surface area contributed by atoms with Crippen LogP contribution < -0.4 is 19.6 Å². The van der Waals surface area contributed by atoms with Crippen LogP contribution in [0.1, 0.15) is 32.8 Å². The molecule has 2 rings (SSSR count). The molecule has 2 aromatic rings. The summed E-state index contributed by atoms with van der Waals surface area (Å²) >= 11 is -2.30. The summed E-state index contributed by atoms with van der Waals surface area (Å²) in [4.78, 5) is 1.23. The Kier molecular flexibility index (Phi) is 10.3. The van der Waals surface area contributed by atoms with Crippen molar-refractivity contribution in [2.24, 2.45) is 11.8 Å². The van der Waals surface area contributed by atoms with Gasteiger partial charge in [0.1, 0.15) is 0 Å². The Balaban J connectivity index is 2.19. The van der Waals surface area contributed by atoms with Crippen LogP contribution >= 0.6 is 0 Å². The number of nitrogens with one attached hydrogen (secondary N) is 4. The number of allylic oxidation sites excluding steroid dienone is 1. The van der Waals surface area contributed by atoms with Crippen LogP contribution in [0, 0.1) is 23.7 Å². The van der Waals surface area contributed by atoms with Gasteiger partial charge in [0.25, 0.3) is 11.3 Å². The molecule has 0 saturated heterocycles. The number of anilines is 2. The van der Waals surface area contributed by atoms with E-state index in [1.165, 1.54) is 4.89 Å². The Bertz CT molecular complexity index is 1170. The fourth-order valence-electron chi connectivity index (χ4n) is 2.96. The first-order valence-electron chi connectivity index (χ1n) is 10.4. The highest BCUT2D eigenvalue weighted by Crippen LogP contribution is 2.33. The molecule has 180 valence electrons. The van der Waals surface area contributed by atoms with Gasteiger partial charge in [0, 0.05) is 23.2 Å². The predicted octanol–water partition coefficient (Wildman–Crippen LogP) is 3.36. The molecule has 1 unspecified atom stereocenters. The minimum atomic E-state index is -4.18. The summed E-state index contributed by atoms with van der Waals surface area (Å²) in [6.07, 6.45) is 4.60. The highest BCUT2D eigenvalue weighted by molar-refractivity contribution is 7.90. The fraction of sp³-hybridized carbons (Fsp3) is 0.364. The van der Waals surface area contributed by atoms with Crippen molar-refractivity contribution in [2.45, 2.75) is 33.7 Å². The molecule has 0 saturated carbocycles. The molecule has 2 aromatic carbocycles. The monoisotopic (exact) mass is 494 g/mol. The molecule has 11 heteroatoms. The van der Waals surface area contributed by atoms with Crippen LogP contribution in [0.2, 0.25) is 0 Å². The minimum Gasteiger partial charge on any atom is -0.312 e. The molecule has 33 heavy (non-hydrogen) atoms. The van der Waals surface area contributed by atoms with E-state index in [1.54, 1.807) is 30.3 Å². The second-order valence-electron chi connectivity index (χ2n) is 7.74. The smallest absolute Gasteiger partial charge is 0.312 e. The number of hydrogen-bond acceptors (Lipinski definition) is 5. The van der Waals surface area contributed by atoms with Crippen molar-refractivity contribution in [3.8, 4) is 11.8 Å². The Morgan fingerprint density at radius 1 is 1.15 bits per heavy atom. The summed E-state index contributed by atoms with van der Waals surface area (Å²) < 4.78 is 48.9.